The van der Waals surface area contributed by atoms with Gasteiger partial charge in [-0.15, -0.1) is 0 Å². The summed E-state index contributed by atoms with van der Waals surface area (Å²) in [6.45, 7) is 8.38. The van der Waals surface area contributed by atoms with E-state index in [0.717, 1.165) is 0 Å². The Kier molecular flexibility index (Phi) is 4.73. The van der Waals surface area contributed by atoms with Crippen LogP contribution in [0.4, 0.5) is 0 Å². The van der Waals surface area contributed by atoms with E-state index < -0.39 is 0 Å². The van der Waals surface area contributed by atoms with Gasteiger partial charge in [0.05, 0.1) is 5.33 Å². The number of halogens is 1. The highest BCUT2D eigenvalue weighted by Gasteiger charge is 2.28. The summed E-state index contributed by atoms with van der Waals surface area (Å²) < 4.78 is 5.31. The SMILES string of the molecule is CCN(C(=O)c1ccc(C(=O)CBr)o1)C(C)(C)C. The van der Waals surface area contributed by atoms with Crippen LogP contribution >= 0.6 is 15.9 Å². The maximum atomic E-state index is 12.3. The summed E-state index contributed by atoms with van der Waals surface area (Å²) in [5.41, 5.74) is -0.280. The van der Waals surface area contributed by atoms with E-state index in [1.807, 2.05) is 27.7 Å². The zero-order chi connectivity index (χ0) is 13.9. The number of hydrogen-bond acceptors (Lipinski definition) is 3. The second-order valence-corrected chi connectivity index (χ2v) is 5.50. The van der Waals surface area contributed by atoms with E-state index in [9.17, 15) is 9.59 Å². The number of ketones is 1. The van der Waals surface area contributed by atoms with E-state index in [4.69, 9.17) is 4.42 Å². The molecule has 0 aromatic carbocycles. The molecular formula is C13H18BrNO3. The van der Waals surface area contributed by atoms with Crippen LogP contribution in [0.1, 0.15) is 48.8 Å². The van der Waals surface area contributed by atoms with E-state index in [0.29, 0.717) is 6.54 Å². The molecule has 0 N–H and O–H groups in total. The molecule has 0 saturated carbocycles. The van der Waals surface area contributed by atoms with Crippen LogP contribution in [-0.2, 0) is 0 Å². The molecule has 1 aromatic heterocycles. The first-order valence-electron chi connectivity index (χ1n) is 5.82. The summed E-state index contributed by atoms with van der Waals surface area (Å²) in [6.07, 6.45) is 0. The third-order valence-electron chi connectivity index (χ3n) is 2.58. The quantitative estimate of drug-likeness (QED) is 0.633. The number of alkyl halides is 1. The molecule has 1 heterocycles. The molecule has 0 radical (unpaired) electrons. The van der Waals surface area contributed by atoms with Crippen molar-refractivity contribution in [1.29, 1.82) is 0 Å². The third-order valence-corrected chi connectivity index (χ3v) is 3.09. The maximum absolute atomic E-state index is 12.3. The third kappa shape index (κ3) is 3.22. The fraction of sp³-hybridized carbons (Fsp3) is 0.538. The van der Waals surface area contributed by atoms with Crippen molar-refractivity contribution in [3.8, 4) is 0 Å². The van der Waals surface area contributed by atoms with Gasteiger partial charge in [0.1, 0.15) is 0 Å². The van der Waals surface area contributed by atoms with Crippen LogP contribution in [0, 0.1) is 0 Å². The number of furan rings is 1. The van der Waals surface area contributed by atoms with Crippen molar-refractivity contribution < 1.29 is 14.0 Å². The van der Waals surface area contributed by atoms with Crippen molar-refractivity contribution in [2.24, 2.45) is 0 Å². The Morgan fingerprint density at radius 3 is 2.28 bits per heavy atom. The van der Waals surface area contributed by atoms with Crippen molar-refractivity contribution in [2.75, 3.05) is 11.9 Å². The fourth-order valence-corrected chi connectivity index (χ4v) is 2.00. The number of hydrogen-bond donors (Lipinski definition) is 0. The monoisotopic (exact) mass is 315 g/mol. The number of nitrogens with zero attached hydrogens (tertiary/aromatic N) is 1. The minimum Gasteiger partial charge on any atom is -0.448 e. The van der Waals surface area contributed by atoms with Crippen LogP contribution in [-0.4, -0.2) is 34.0 Å². The second-order valence-electron chi connectivity index (χ2n) is 4.94. The minimum atomic E-state index is -0.280. The van der Waals surface area contributed by atoms with Gasteiger partial charge >= 0.3 is 0 Å². The van der Waals surface area contributed by atoms with Gasteiger partial charge in [0.25, 0.3) is 5.91 Å². The van der Waals surface area contributed by atoms with Crippen LogP contribution in [0.3, 0.4) is 0 Å². The van der Waals surface area contributed by atoms with Crippen LogP contribution < -0.4 is 0 Å². The Balaban J connectivity index is 2.97. The topological polar surface area (TPSA) is 50.5 Å². The number of Topliss-reactive ketones (excluding diaryl/α,β-unsaturated/α-hetero) is 1. The number of carbonyl (C=O) groups is 2. The van der Waals surface area contributed by atoms with Gasteiger partial charge in [0, 0.05) is 12.1 Å². The molecule has 1 rings (SSSR count). The zero-order valence-electron chi connectivity index (χ0n) is 11.1. The first-order valence-corrected chi connectivity index (χ1v) is 6.94. The molecule has 0 unspecified atom stereocenters. The molecule has 0 aliphatic carbocycles. The number of amides is 1. The smallest absolute Gasteiger partial charge is 0.290 e. The Morgan fingerprint density at radius 1 is 1.28 bits per heavy atom. The highest BCUT2D eigenvalue weighted by molar-refractivity contribution is 9.09. The van der Waals surface area contributed by atoms with Gasteiger partial charge in [-0.25, -0.2) is 0 Å². The molecule has 0 fully saturated rings. The van der Waals surface area contributed by atoms with Gasteiger partial charge in [0.2, 0.25) is 5.78 Å². The second kappa shape index (κ2) is 5.69. The van der Waals surface area contributed by atoms with Crippen LogP contribution in [0.5, 0.6) is 0 Å². The largest absolute Gasteiger partial charge is 0.448 e. The average molecular weight is 316 g/mol. The van der Waals surface area contributed by atoms with Crippen molar-refractivity contribution in [1.82, 2.24) is 4.90 Å². The molecule has 0 bridgehead atoms. The standard InChI is InChI=1S/C13H18BrNO3/c1-5-15(13(2,3)4)12(17)11-7-6-10(18-11)9(16)8-14/h6-7H,5,8H2,1-4H3. The van der Waals surface area contributed by atoms with E-state index in [2.05, 4.69) is 15.9 Å². The molecule has 18 heavy (non-hydrogen) atoms. The first-order chi connectivity index (χ1) is 8.31. The normalized spacial score (nSPS) is 11.4. The van der Waals surface area contributed by atoms with Crippen LogP contribution in [0.2, 0.25) is 0 Å². The molecule has 0 saturated heterocycles. The van der Waals surface area contributed by atoms with Crippen LogP contribution in [0.15, 0.2) is 16.5 Å². The molecule has 5 heteroatoms. The van der Waals surface area contributed by atoms with Gasteiger partial charge in [-0.1, -0.05) is 15.9 Å². The molecule has 0 spiro atoms. The molecule has 1 amide bonds. The van der Waals surface area contributed by atoms with Crippen molar-refractivity contribution >= 4 is 27.6 Å². The molecule has 0 aliphatic rings. The van der Waals surface area contributed by atoms with E-state index in [1.54, 1.807) is 11.0 Å². The van der Waals surface area contributed by atoms with Crippen molar-refractivity contribution in [3.63, 3.8) is 0 Å². The molecule has 4 nitrogen and oxygen atoms in total. The van der Waals surface area contributed by atoms with Crippen LogP contribution in [0.25, 0.3) is 0 Å². The lowest BCUT2D eigenvalue weighted by molar-refractivity contribution is 0.0564. The Hall–Kier alpha value is -1.10. The van der Waals surface area contributed by atoms with Gasteiger partial charge in [-0.05, 0) is 39.8 Å². The van der Waals surface area contributed by atoms with Gasteiger partial charge in [0.15, 0.2) is 11.5 Å². The predicted molar refractivity (Wildman–Crippen MR) is 73.3 cm³/mol. The lowest BCUT2D eigenvalue weighted by Gasteiger charge is -2.34. The summed E-state index contributed by atoms with van der Waals surface area (Å²) in [7, 11) is 0. The Bertz CT molecular complexity index is 445. The summed E-state index contributed by atoms with van der Waals surface area (Å²) in [5.74, 6) is 0.0442. The summed E-state index contributed by atoms with van der Waals surface area (Å²) in [4.78, 5) is 25.4. The van der Waals surface area contributed by atoms with Gasteiger partial charge < -0.3 is 9.32 Å². The molecule has 0 atom stereocenters. The van der Waals surface area contributed by atoms with Crippen molar-refractivity contribution in [3.05, 3.63) is 23.7 Å². The zero-order valence-corrected chi connectivity index (χ0v) is 12.7. The number of carbonyl (C=O) groups excluding carboxylic acids is 2. The average Bonchev–Trinajstić information content (AvgIpc) is 2.76. The molecule has 100 valence electrons. The first kappa shape index (κ1) is 15.0. The molecular weight excluding hydrogens is 298 g/mol. The van der Waals surface area contributed by atoms with E-state index >= 15 is 0 Å². The van der Waals surface area contributed by atoms with E-state index in [-0.39, 0.29) is 34.1 Å². The van der Waals surface area contributed by atoms with E-state index in [1.165, 1.54) is 6.07 Å². The predicted octanol–water partition coefficient (Wildman–Crippen LogP) is 3.12. The molecule has 1 aromatic rings. The highest BCUT2D eigenvalue weighted by atomic mass is 79.9. The lowest BCUT2D eigenvalue weighted by Crippen LogP contribution is -2.45. The van der Waals surface area contributed by atoms with Gasteiger partial charge in [-0.2, -0.15) is 0 Å². The maximum Gasteiger partial charge on any atom is 0.290 e. The van der Waals surface area contributed by atoms with Gasteiger partial charge in [-0.3, -0.25) is 9.59 Å². The minimum absolute atomic E-state index is 0.173. The highest BCUT2D eigenvalue weighted by Crippen LogP contribution is 2.19. The summed E-state index contributed by atoms with van der Waals surface area (Å²) >= 11 is 3.07. The summed E-state index contributed by atoms with van der Waals surface area (Å²) in [5, 5.41) is 0.185. The molecule has 0 aliphatic heterocycles. The fourth-order valence-electron chi connectivity index (χ4n) is 1.72. The Morgan fingerprint density at radius 2 is 1.83 bits per heavy atom. The lowest BCUT2D eigenvalue weighted by atomic mass is 10.1. The number of rotatable bonds is 4. The summed E-state index contributed by atoms with van der Waals surface area (Å²) in [6, 6.07) is 3.08. The Labute approximate surface area is 115 Å². The van der Waals surface area contributed by atoms with Crippen molar-refractivity contribution in [2.45, 2.75) is 33.2 Å².